The summed E-state index contributed by atoms with van der Waals surface area (Å²) in [5.74, 6) is 0.395. The Hall–Kier alpha value is -3.33. The van der Waals surface area contributed by atoms with Gasteiger partial charge in [-0.2, -0.15) is 0 Å². The largest absolute Gasteiger partial charge is 0.488 e. The van der Waals surface area contributed by atoms with Gasteiger partial charge in [0.2, 0.25) is 0 Å². The average Bonchev–Trinajstić information content (AvgIpc) is 2.72. The summed E-state index contributed by atoms with van der Waals surface area (Å²) in [4.78, 5) is 11.6. The van der Waals surface area contributed by atoms with Gasteiger partial charge in [0.1, 0.15) is 12.4 Å². The van der Waals surface area contributed by atoms with Crippen LogP contribution in [-0.2, 0) is 16.1 Å². The second-order valence-corrected chi connectivity index (χ2v) is 5.76. The Morgan fingerprint density at radius 3 is 2.00 bits per heavy atom. The first-order valence-corrected chi connectivity index (χ1v) is 8.38. The van der Waals surface area contributed by atoms with Gasteiger partial charge in [-0.3, -0.25) is 0 Å². The van der Waals surface area contributed by atoms with Crippen molar-refractivity contribution in [2.45, 2.75) is 6.61 Å². The average molecular weight is 344 g/mol. The minimum Gasteiger partial charge on any atom is -0.488 e. The molecule has 3 aromatic carbocycles. The molecule has 0 N–H and O–H groups in total. The van der Waals surface area contributed by atoms with Crippen LogP contribution in [0.15, 0.2) is 84.9 Å². The molecule has 3 nitrogen and oxygen atoms in total. The summed E-state index contributed by atoms with van der Waals surface area (Å²) >= 11 is 0. The Labute approximate surface area is 153 Å². The van der Waals surface area contributed by atoms with Crippen molar-refractivity contribution in [3.63, 3.8) is 0 Å². The zero-order valence-electron chi connectivity index (χ0n) is 14.6. The van der Waals surface area contributed by atoms with E-state index >= 15 is 0 Å². The highest BCUT2D eigenvalue weighted by Gasteiger charge is 2.08. The van der Waals surface area contributed by atoms with Gasteiger partial charge < -0.3 is 9.47 Å². The second kappa shape index (κ2) is 8.67. The van der Waals surface area contributed by atoms with Gasteiger partial charge in [-0.25, -0.2) is 4.79 Å². The Balaban J connectivity index is 1.87. The molecule has 130 valence electrons. The highest BCUT2D eigenvalue weighted by Crippen LogP contribution is 2.22. The van der Waals surface area contributed by atoms with Crippen LogP contribution in [0.4, 0.5) is 0 Å². The summed E-state index contributed by atoms with van der Waals surface area (Å²) in [6, 6.07) is 27.2. The summed E-state index contributed by atoms with van der Waals surface area (Å²) < 4.78 is 10.8. The molecule has 26 heavy (non-hydrogen) atoms. The maximum atomic E-state index is 11.6. The van der Waals surface area contributed by atoms with Gasteiger partial charge in [0.05, 0.1) is 12.7 Å². The van der Waals surface area contributed by atoms with Crippen LogP contribution in [0.5, 0.6) is 0 Å². The van der Waals surface area contributed by atoms with Gasteiger partial charge in [-0.15, -0.1) is 0 Å². The smallest absolute Gasteiger partial charge is 0.337 e. The van der Waals surface area contributed by atoms with Crippen LogP contribution >= 0.6 is 0 Å². The molecule has 0 unspecified atom stereocenters. The number of hydrogen-bond acceptors (Lipinski definition) is 3. The number of ether oxygens (including phenoxy) is 2. The summed E-state index contributed by atoms with van der Waals surface area (Å²) in [5.41, 5.74) is 3.56. The van der Waals surface area contributed by atoms with E-state index in [1.807, 2.05) is 78.9 Å². The van der Waals surface area contributed by atoms with Crippen molar-refractivity contribution in [2.24, 2.45) is 0 Å². The third-order valence-corrected chi connectivity index (χ3v) is 3.93. The summed E-state index contributed by atoms with van der Waals surface area (Å²) in [6.45, 7) is 0.470. The van der Waals surface area contributed by atoms with Crippen LogP contribution in [0.2, 0.25) is 0 Å². The molecule has 0 aromatic heterocycles. The van der Waals surface area contributed by atoms with Gasteiger partial charge in [0, 0.05) is 5.56 Å². The van der Waals surface area contributed by atoms with Crippen molar-refractivity contribution in [3.05, 3.63) is 107 Å². The van der Waals surface area contributed by atoms with E-state index in [0.29, 0.717) is 12.2 Å². The standard InChI is InChI=1S/C23H20O3/c1-25-23(24)21-14-12-20(13-15-21)22(16-18-8-4-2-5-9-18)26-17-19-10-6-3-7-11-19/h2-16H,17H2,1H3. The second-order valence-electron chi connectivity index (χ2n) is 5.76. The molecule has 3 heteroatoms. The zero-order chi connectivity index (χ0) is 18.2. The van der Waals surface area contributed by atoms with Crippen LogP contribution in [0, 0.1) is 0 Å². The van der Waals surface area contributed by atoms with Crippen LogP contribution < -0.4 is 0 Å². The van der Waals surface area contributed by atoms with E-state index in [1.54, 1.807) is 12.1 Å². The minimum absolute atomic E-state index is 0.352. The van der Waals surface area contributed by atoms with Gasteiger partial charge in [0.15, 0.2) is 0 Å². The van der Waals surface area contributed by atoms with Crippen molar-refractivity contribution < 1.29 is 14.3 Å². The predicted octanol–water partition coefficient (Wildman–Crippen LogP) is 5.19. The van der Waals surface area contributed by atoms with Crippen LogP contribution in [-0.4, -0.2) is 13.1 Å². The maximum Gasteiger partial charge on any atom is 0.337 e. The van der Waals surface area contributed by atoms with Crippen molar-refractivity contribution in [1.82, 2.24) is 0 Å². The lowest BCUT2D eigenvalue weighted by Crippen LogP contribution is -2.01. The fourth-order valence-corrected chi connectivity index (χ4v) is 2.53. The normalized spacial score (nSPS) is 11.0. The molecular formula is C23H20O3. The van der Waals surface area contributed by atoms with Gasteiger partial charge in [-0.1, -0.05) is 72.8 Å². The van der Waals surface area contributed by atoms with Gasteiger partial charge in [0.25, 0.3) is 0 Å². The number of benzene rings is 3. The molecule has 0 aliphatic heterocycles. The number of esters is 1. The molecule has 0 radical (unpaired) electrons. The monoisotopic (exact) mass is 344 g/mol. The molecule has 0 saturated heterocycles. The van der Waals surface area contributed by atoms with Crippen molar-refractivity contribution in [1.29, 1.82) is 0 Å². The molecule has 0 aliphatic rings. The third kappa shape index (κ3) is 4.61. The Morgan fingerprint density at radius 2 is 1.38 bits per heavy atom. The number of carbonyl (C=O) groups is 1. The molecule has 3 aromatic rings. The van der Waals surface area contributed by atoms with E-state index in [1.165, 1.54) is 7.11 Å². The van der Waals surface area contributed by atoms with E-state index in [2.05, 4.69) is 0 Å². The first-order chi connectivity index (χ1) is 12.8. The van der Waals surface area contributed by atoms with Crippen molar-refractivity contribution in [3.8, 4) is 0 Å². The van der Waals surface area contributed by atoms with Crippen LogP contribution in [0.1, 0.15) is 27.0 Å². The van der Waals surface area contributed by atoms with Crippen molar-refractivity contribution in [2.75, 3.05) is 7.11 Å². The van der Waals surface area contributed by atoms with E-state index in [-0.39, 0.29) is 5.97 Å². The molecule has 0 spiro atoms. The molecule has 0 aliphatic carbocycles. The van der Waals surface area contributed by atoms with E-state index < -0.39 is 0 Å². The lowest BCUT2D eigenvalue weighted by Gasteiger charge is -2.12. The number of rotatable bonds is 6. The summed E-state index contributed by atoms with van der Waals surface area (Å²) in [5, 5.41) is 0. The fraction of sp³-hybridized carbons (Fsp3) is 0.0870. The first-order valence-electron chi connectivity index (χ1n) is 8.38. The van der Waals surface area contributed by atoms with Crippen LogP contribution in [0.3, 0.4) is 0 Å². The van der Waals surface area contributed by atoms with Crippen molar-refractivity contribution >= 4 is 17.8 Å². The Morgan fingerprint density at radius 1 is 0.808 bits per heavy atom. The highest BCUT2D eigenvalue weighted by atomic mass is 16.5. The highest BCUT2D eigenvalue weighted by molar-refractivity contribution is 5.90. The fourth-order valence-electron chi connectivity index (χ4n) is 2.53. The van der Waals surface area contributed by atoms with Crippen LogP contribution in [0.25, 0.3) is 11.8 Å². The molecular weight excluding hydrogens is 324 g/mol. The number of methoxy groups -OCH3 is 1. The molecule has 3 rings (SSSR count). The third-order valence-electron chi connectivity index (χ3n) is 3.93. The Bertz CT molecular complexity index is 866. The maximum absolute atomic E-state index is 11.6. The molecule has 0 heterocycles. The lowest BCUT2D eigenvalue weighted by molar-refractivity contribution is 0.0600. The lowest BCUT2D eigenvalue weighted by atomic mass is 10.1. The van der Waals surface area contributed by atoms with Gasteiger partial charge in [-0.05, 0) is 29.3 Å². The molecule has 0 amide bonds. The van der Waals surface area contributed by atoms with E-state index in [9.17, 15) is 4.79 Å². The molecule has 0 bridgehead atoms. The topological polar surface area (TPSA) is 35.5 Å². The molecule has 0 atom stereocenters. The number of carbonyl (C=O) groups excluding carboxylic acids is 1. The van der Waals surface area contributed by atoms with Gasteiger partial charge >= 0.3 is 5.97 Å². The Kier molecular flexibility index (Phi) is 5.84. The summed E-state index contributed by atoms with van der Waals surface area (Å²) in [6.07, 6.45) is 2.00. The predicted molar refractivity (Wildman–Crippen MR) is 103 cm³/mol. The molecule has 0 saturated carbocycles. The van der Waals surface area contributed by atoms with E-state index in [0.717, 1.165) is 22.4 Å². The first kappa shape index (κ1) is 17.5. The SMILES string of the molecule is COC(=O)c1ccc(C(=Cc2ccccc2)OCc2ccccc2)cc1. The zero-order valence-corrected chi connectivity index (χ0v) is 14.6. The quantitative estimate of drug-likeness (QED) is 0.351. The summed E-state index contributed by atoms with van der Waals surface area (Å²) in [7, 11) is 1.37. The van der Waals surface area contributed by atoms with E-state index in [4.69, 9.17) is 9.47 Å². The molecule has 0 fully saturated rings. The minimum atomic E-state index is -0.352. The number of hydrogen-bond donors (Lipinski definition) is 0.